The lowest BCUT2D eigenvalue weighted by molar-refractivity contribution is -0.238. The molecule has 0 aromatic carbocycles. The molecule has 6 heteroatoms. The summed E-state index contributed by atoms with van der Waals surface area (Å²) in [6.45, 7) is 0.0298. The lowest BCUT2D eigenvalue weighted by atomic mass is 9.98. The number of hydrogen-bond donors (Lipinski definition) is 5. The molecule has 6 nitrogen and oxygen atoms in total. The van der Waals surface area contributed by atoms with Gasteiger partial charge in [-0.3, -0.25) is 0 Å². The van der Waals surface area contributed by atoms with Crippen molar-refractivity contribution >= 4 is 0 Å². The van der Waals surface area contributed by atoms with Crippen LogP contribution in [0.3, 0.4) is 0 Å². The first-order valence-corrected chi connectivity index (χ1v) is 3.73. The van der Waals surface area contributed by atoms with Crippen molar-refractivity contribution in [1.29, 1.82) is 0 Å². The number of ether oxygens (including phenoxy) is 1. The normalized spacial score (nSPS) is 49.2. The Morgan fingerprint density at radius 2 is 1.75 bits per heavy atom. The Bertz CT molecular complexity index is 152. The van der Waals surface area contributed by atoms with Crippen LogP contribution in [0.2, 0.25) is 0 Å². The van der Waals surface area contributed by atoms with Crippen LogP contribution in [0, 0.1) is 0 Å². The van der Waals surface area contributed by atoms with Crippen LogP contribution in [0.4, 0.5) is 0 Å². The monoisotopic (exact) mass is 178 g/mol. The Morgan fingerprint density at radius 3 is 2.25 bits per heavy atom. The number of aliphatic hydroxyl groups is 3. The lowest BCUT2D eigenvalue weighted by Gasteiger charge is -2.38. The molecule has 0 saturated carbocycles. The maximum absolute atomic E-state index is 9.28. The van der Waals surface area contributed by atoms with Crippen LogP contribution in [-0.4, -0.2) is 52.5 Å². The van der Waals surface area contributed by atoms with Crippen LogP contribution in [0.5, 0.6) is 0 Å². The van der Waals surface area contributed by atoms with Crippen molar-refractivity contribution < 1.29 is 20.1 Å². The SMILES string of the molecule is NC[C@H]1O[C@H](O)[C@H](N)[C@H](O)[C@H]1O. The third-order valence-corrected chi connectivity index (χ3v) is 2.00. The summed E-state index contributed by atoms with van der Waals surface area (Å²) in [7, 11) is 0. The second kappa shape index (κ2) is 3.65. The molecule has 7 N–H and O–H groups in total. The van der Waals surface area contributed by atoms with E-state index in [-0.39, 0.29) is 6.54 Å². The average Bonchev–Trinajstić information content (AvgIpc) is 2.08. The first-order valence-electron chi connectivity index (χ1n) is 3.73. The second-order valence-electron chi connectivity index (χ2n) is 2.86. The van der Waals surface area contributed by atoms with E-state index in [1.165, 1.54) is 0 Å². The molecule has 0 bridgehead atoms. The zero-order valence-corrected chi connectivity index (χ0v) is 6.50. The van der Waals surface area contributed by atoms with E-state index in [1.807, 2.05) is 0 Å². The Hall–Kier alpha value is -0.240. The fourth-order valence-corrected chi connectivity index (χ4v) is 1.16. The van der Waals surface area contributed by atoms with Crippen LogP contribution >= 0.6 is 0 Å². The largest absolute Gasteiger partial charge is 0.388 e. The molecule has 1 aliphatic heterocycles. The van der Waals surface area contributed by atoms with Gasteiger partial charge in [0.1, 0.15) is 18.3 Å². The Morgan fingerprint density at radius 1 is 1.17 bits per heavy atom. The molecular weight excluding hydrogens is 164 g/mol. The van der Waals surface area contributed by atoms with Gasteiger partial charge in [-0.15, -0.1) is 0 Å². The van der Waals surface area contributed by atoms with E-state index in [0.717, 1.165) is 0 Å². The summed E-state index contributed by atoms with van der Waals surface area (Å²) in [5.74, 6) is 0. The molecule has 1 rings (SSSR count). The quantitative estimate of drug-likeness (QED) is 0.287. The highest BCUT2D eigenvalue weighted by molar-refractivity contribution is 4.91. The van der Waals surface area contributed by atoms with Gasteiger partial charge in [0.05, 0.1) is 6.04 Å². The summed E-state index contributed by atoms with van der Waals surface area (Å²) in [6, 6.07) is -0.984. The molecule has 12 heavy (non-hydrogen) atoms. The molecule has 0 aromatic heterocycles. The van der Waals surface area contributed by atoms with Crippen LogP contribution < -0.4 is 11.5 Å². The van der Waals surface area contributed by atoms with Gasteiger partial charge in [-0.1, -0.05) is 0 Å². The van der Waals surface area contributed by atoms with Crippen molar-refractivity contribution in [2.24, 2.45) is 11.5 Å². The first-order chi connectivity index (χ1) is 5.57. The van der Waals surface area contributed by atoms with Crippen molar-refractivity contribution in [1.82, 2.24) is 0 Å². The molecule has 0 amide bonds. The number of nitrogens with two attached hydrogens (primary N) is 2. The molecular formula is C6H14N2O4. The Kier molecular flexibility index (Phi) is 2.99. The number of hydrogen-bond acceptors (Lipinski definition) is 6. The Balaban J connectivity index is 2.63. The van der Waals surface area contributed by atoms with Crippen molar-refractivity contribution in [3.63, 3.8) is 0 Å². The maximum Gasteiger partial charge on any atom is 0.172 e. The molecule has 1 heterocycles. The van der Waals surface area contributed by atoms with Gasteiger partial charge in [-0.05, 0) is 0 Å². The Labute approximate surface area is 69.7 Å². The fourth-order valence-electron chi connectivity index (χ4n) is 1.16. The fraction of sp³-hybridized carbons (Fsp3) is 1.00. The highest BCUT2D eigenvalue weighted by Crippen LogP contribution is 2.17. The maximum atomic E-state index is 9.28. The van der Waals surface area contributed by atoms with E-state index >= 15 is 0 Å². The molecule has 0 unspecified atom stereocenters. The number of aliphatic hydroxyl groups excluding tert-OH is 3. The molecule has 5 atom stereocenters. The summed E-state index contributed by atoms with van der Waals surface area (Å²) in [5.41, 5.74) is 10.5. The van der Waals surface area contributed by atoms with Crippen LogP contribution in [-0.2, 0) is 4.74 Å². The molecule has 0 aliphatic carbocycles. The zero-order valence-electron chi connectivity index (χ0n) is 6.50. The van der Waals surface area contributed by atoms with Gasteiger partial charge >= 0.3 is 0 Å². The highest BCUT2D eigenvalue weighted by Gasteiger charge is 2.41. The molecule has 1 aliphatic rings. The topological polar surface area (TPSA) is 122 Å². The molecule has 1 saturated heterocycles. The minimum absolute atomic E-state index is 0.0298. The number of rotatable bonds is 1. The summed E-state index contributed by atoms with van der Waals surface area (Å²) in [6.07, 6.45) is -4.34. The minimum atomic E-state index is -1.27. The van der Waals surface area contributed by atoms with Gasteiger partial charge < -0.3 is 31.5 Å². The van der Waals surface area contributed by atoms with Crippen LogP contribution in [0.1, 0.15) is 0 Å². The van der Waals surface area contributed by atoms with E-state index in [2.05, 4.69) is 0 Å². The summed E-state index contributed by atoms with van der Waals surface area (Å²) in [5, 5.41) is 27.6. The van der Waals surface area contributed by atoms with E-state index in [1.54, 1.807) is 0 Å². The van der Waals surface area contributed by atoms with E-state index in [4.69, 9.17) is 21.3 Å². The molecule has 0 radical (unpaired) electrons. The third kappa shape index (κ3) is 1.58. The van der Waals surface area contributed by atoms with E-state index in [9.17, 15) is 10.2 Å². The lowest BCUT2D eigenvalue weighted by Crippen LogP contribution is -2.62. The first kappa shape index (κ1) is 9.85. The molecule has 72 valence electrons. The summed E-state index contributed by atoms with van der Waals surface area (Å²) in [4.78, 5) is 0. The van der Waals surface area contributed by atoms with Gasteiger partial charge in [0.2, 0.25) is 0 Å². The van der Waals surface area contributed by atoms with Gasteiger partial charge in [0.25, 0.3) is 0 Å². The average molecular weight is 178 g/mol. The molecule has 0 spiro atoms. The van der Waals surface area contributed by atoms with E-state index < -0.39 is 30.6 Å². The molecule has 0 aromatic rings. The van der Waals surface area contributed by atoms with Crippen LogP contribution in [0.15, 0.2) is 0 Å². The zero-order chi connectivity index (χ0) is 9.30. The minimum Gasteiger partial charge on any atom is -0.388 e. The molecule has 1 fully saturated rings. The summed E-state index contributed by atoms with van der Waals surface area (Å²) < 4.78 is 4.83. The smallest absolute Gasteiger partial charge is 0.172 e. The van der Waals surface area contributed by atoms with Crippen molar-refractivity contribution in [3.8, 4) is 0 Å². The van der Waals surface area contributed by atoms with Gasteiger partial charge in [0.15, 0.2) is 6.29 Å². The predicted molar refractivity (Wildman–Crippen MR) is 39.9 cm³/mol. The van der Waals surface area contributed by atoms with E-state index in [0.29, 0.717) is 0 Å². The predicted octanol–water partition coefficient (Wildman–Crippen LogP) is -3.29. The highest BCUT2D eigenvalue weighted by atomic mass is 16.6. The van der Waals surface area contributed by atoms with Gasteiger partial charge in [-0.25, -0.2) is 0 Å². The third-order valence-electron chi connectivity index (χ3n) is 2.00. The summed E-state index contributed by atoms with van der Waals surface area (Å²) >= 11 is 0. The van der Waals surface area contributed by atoms with Crippen molar-refractivity contribution in [3.05, 3.63) is 0 Å². The van der Waals surface area contributed by atoms with Gasteiger partial charge in [-0.2, -0.15) is 0 Å². The van der Waals surface area contributed by atoms with Crippen molar-refractivity contribution in [2.45, 2.75) is 30.6 Å². The van der Waals surface area contributed by atoms with Gasteiger partial charge in [0, 0.05) is 6.54 Å². The second-order valence-corrected chi connectivity index (χ2v) is 2.86. The van der Waals surface area contributed by atoms with Crippen LogP contribution in [0.25, 0.3) is 0 Å². The van der Waals surface area contributed by atoms with Crippen molar-refractivity contribution in [2.75, 3.05) is 6.54 Å². The standard InChI is InChI=1S/C6H14N2O4/c7-1-2-4(9)5(10)3(8)6(11)12-2/h2-6,9-11H,1,7-8H2/t2-,3-,4+,5+,6+/m1/s1.